The molecule has 3 aromatic carbocycles. The Hall–Kier alpha value is -3.00. The fourth-order valence-electron chi connectivity index (χ4n) is 2.69. The van der Waals surface area contributed by atoms with Crippen molar-refractivity contribution >= 4 is 31.0 Å². The van der Waals surface area contributed by atoms with Gasteiger partial charge < -0.3 is 8.37 Å². The highest BCUT2D eigenvalue weighted by Crippen LogP contribution is 2.44. The molecule has 0 aliphatic carbocycles. The summed E-state index contributed by atoms with van der Waals surface area (Å²) in [6.45, 7) is 0. The monoisotopic (exact) mass is 500 g/mol. The molecule has 172 valence electrons. The van der Waals surface area contributed by atoms with E-state index in [1.54, 1.807) is 18.2 Å². The average molecular weight is 500 g/mol. The van der Waals surface area contributed by atoms with Crippen LogP contribution in [-0.2, 0) is 20.2 Å². The first-order valence-corrected chi connectivity index (χ1v) is 11.1. The van der Waals surface area contributed by atoms with Gasteiger partial charge in [0.2, 0.25) is 0 Å². The van der Waals surface area contributed by atoms with E-state index in [1.807, 2.05) is 0 Å². The number of rotatable bonds is 5. The fourth-order valence-corrected chi connectivity index (χ4v) is 3.63. The highest BCUT2D eigenvalue weighted by atomic mass is 32.2. The van der Waals surface area contributed by atoms with Gasteiger partial charge in [-0.2, -0.15) is 43.2 Å². The average Bonchev–Trinajstić information content (AvgIpc) is 2.66. The molecule has 0 saturated carbocycles. The normalized spacial score (nSPS) is 13.2. The van der Waals surface area contributed by atoms with E-state index < -0.39 is 48.3 Å². The molecular weight excluding hydrogens is 490 g/mol. The molecule has 0 saturated heterocycles. The van der Waals surface area contributed by atoms with Gasteiger partial charge in [-0.3, -0.25) is 0 Å². The molecule has 0 N–H and O–H groups in total. The van der Waals surface area contributed by atoms with E-state index >= 15 is 0 Å². The third-order valence-electron chi connectivity index (χ3n) is 4.01. The highest BCUT2D eigenvalue weighted by molar-refractivity contribution is 7.88. The maximum atomic E-state index is 12.8. The lowest BCUT2D eigenvalue weighted by Gasteiger charge is -2.18. The molecule has 3 aromatic rings. The van der Waals surface area contributed by atoms with Gasteiger partial charge in [-0.1, -0.05) is 48.5 Å². The second-order valence-electron chi connectivity index (χ2n) is 6.12. The van der Waals surface area contributed by atoms with Crippen molar-refractivity contribution in [3.63, 3.8) is 0 Å². The zero-order chi connectivity index (χ0) is 23.9. The number of halogens is 6. The van der Waals surface area contributed by atoms with Crippen molar-refractivity contribution in [1.82, 2.24) is 0 Å². The quantitative estimate of drug-likeness (QED) is 0.280. The van der Waals surface area contributed by atoms with Gasteiger partial charge in [0.15, 0.2) is 11.5 Å². The van der Waals surface area contributed by atoms with Gasteiger partial charge in [0.1, 0.15) is 0 Å². The van der Waals surface area contributed by atoms with Crippen LogP contribution in [0.1, 0.15) is 0 Å². The molecule has 14 heteroatoms. The van der Waals surface area contributed by atoms with Crippen molar-refractivity contribution < 1.29 is 51.5 Å². The van der Waals surface area contributed by atoms with Crippen molar-refractivity contribution in [3.8, 4) is 22.6 Å². The van der Waals surface area contributed by atoms with E-state index in [1.165, 1.54) is 24.3 Å². The van der Waals surface area contributed by atoms with Crippen LogP contribution >= 0.6 is 0 Å². The molecule has 0 spiro atoms. The van der Waals surface area contributed by atoms with Gasteiger partial charge in [0.25, 0.3) is 0 Å². The molecule has 0 fully saturated rings. The summed E-state index contributed by atoms with van der Waals surface area (Å²) in [5.41, 5.74) is -12.6. The zero-order valence-corrected chi connectivity index (χ0v) is 16.9. The highest BCUT2D eigenvalue weighted by Gasteiger charge is 2.50. The van der Waals surface area contributed by atoms with Crippen molar-refractivity contribution in [2.75, 3.05) is 0 Å². The summed E-state index contributed by atoms with van der Waals surface area (Å²) in [6, 6.07) is 12.4. The Morgan fingerprint density at radius 2 is 1.03 bits per heavy atom. The van der Waals surface area contributed by atoms with Gasteiger partial charge in [0.05, 0.1) is 5.56 Å². The molecule has 0 radical (unpaired) electrons. The standard InChI is InChI=1S/C18H10F6O6S2/c19-17(20,21)31(25,26)29-14-9-4-10-15(30-32(27,28)18(22,23)24)16(14)13-8-3-6-11-5-1-2-7-12(11)13/h1-10H. The van der Waals surface area contributed by atoms with Crippen molar-refractivity contribution in [3.05, 3.63) is 60.7 Å². The van der Waals surface area contributed by atoms with Gasteiger partial charge in [0, 0.05) is 0 Å². The number of hydrogen-bond acceptors (Lipinski definition) is 6. The van der Waals surface area contributed by atoms with E-state index in [4.69, 9.17) is 0 Å². The smallest absolute Gasteiger partial charge is 0.375 e. The SMILES string of the molecule is O=S(=O)(Oc1cccc(OS(=O)(=O)C(F)(F)F)c1-c1cccc2ccccc12)C(F)(F)F. The number of fused-ring (bicyclic) bond motifs is 1. The Morgan fingerprint density at radius 3 is 1.53 bits per heavy atom. The van der Waals surface area contributed by atoms with E-state index in [0.29, 0.717) is 17.5 Å². The third-order valence-corrected chi connectivity index (χ3v) is 5.94. The summed E-state index contributed by atoms with van der Waals surface area (Å²) in [5, 5.41) is 0.702. The summed E-state index contributed by atoms with van der Waals surface area (Å²) in [5.74, 6) is -2.18. The first kappa shape index (κ1) is 23.7. The first-order chi connectivity index (χ1) is 14.6. The summed E-state index contributed by atoms with van der Waals surface area (Å²) in [7, 11) is -12.5. The van der Waals surface area contributed by atoms with Crippen LogP contribution in [0, 0.1) is 0 Å². The molecule has 0 bridgehead atoms. The van der Waals surface area contributed by atoms with Crippen LogP contribution in [0.4, 0.5) is 26.3 Å². The largest absolute Gasteiger partial charge is 0.534 e. The molecule has 3 rings (SSSR count). The van der Waals surface area contributed by atoms with Crippen LogP contribution in [0.25, 0.3) is 21.9 Å². The lowest BCUT2D eigenvalue weighted by Crippen LogP contribution is -2.29. The lowest BCUT2D eigenvalue weighted by molar-refractivity contribution is -0.0502. The number of alkyl halides is 6. The van der Waals surface area contributed by atoms with Gasteiger partial charge >= 0.3 is 31.3 Å². The number of hydrogen-bond donors (Lipinski definition) is 0. The molecular formula is C18H10F6O6S2. The molecule has 32 heavy (non-hydrogen) atoms. The van der Waals surface area contributed by atoms with Crippen molar-refractivity contribution in [2.24, 2.45) is 0 Å². The summed E-state index contributed by atoms with van der Waals surface area (Å²) in [6.07, 6.45) is 0. The summed E-state index contributed by atoms with van der Waals surface area (Å²) in [4.78, 5) is 0. The molecule has 0 aromatic heterocycles. The lowest BCUT2D eigenvalue weighted by atomic mass is 9.97. The van der Waals surface area contributed by atoms with Crippen LogP contribution in [0.15, 0.2) is 60.7 Å². The minimum atomic E-state index is -6.25. The molecule has 0 heterocycles. The van der Waals surface area contributed by atoms with Gasteiger partial charge in [-0.05, 0) is 28.5 Å². The van der Waals surface area contributed by atoms with Crippen molar-refractivity contribution in [1.29, 1.82) is 0 Å². The predicted octanol–water partition coefficient (Wildman–Crippen LogP) is 4.96. The van der Waals surface area contributed by atoms with Crippen LogP contribution in [0.2, 0.25) is 0 Å². The first-order valence-electron chi connectivity index (χ1n) is 8.27. The molecule has 6 nitrogen and oxygen atoms in total. The Bertz CT molecular complexity index is 1310. The van der Waals surface area contributed by atoms with Gasteiger partial charge in [-0.15, -0.1) is 0 Å². The molecule has 0 aliphatic rings. The second-order valence-corrected chi connectivity index (χ2v) is 9.20. The molecule has 0 amide bonds. The van der Waals surface area contributed by atoms with E-state index in [2.05, 4.69) is 8.37 Å². The fraction of sp³-hybridized carbons (Fsp3) is 0.111. The van der Waals surface area contributed by atoms with E-state index in [9.17, 15) is 43.2 Å². The van der Waals surface area contributed by atoms with E-state index in [0.717, 1.165) is 6.07 Å². The molecule has 0 aliphatic heterocycles. The Balaban J connectivity index is 2.33. The van der Waals surface area contributed by atoms with Crippen LogP contribution < -0.4 is 8.37 Å². The molecule has 0 atom stereocenters. The topological polar surface area (TPSA) is 86.7 Å². The zero-order valence-electron chi connectivity index (χ0n) is 15.3. The third kappa shape index (κ3) is 4.46. The van der Waals surface area contributed by atoms with Crippen LogP contribution in [0.5, 0.6) is 11.5 Å². The maximum Gasteiger partial charge on any atom is 0.534 e. The van der Waals surface area contributed by atoms with Crippen molar-refractivity contribution in [2.45, 2.75) is 11.0 Å². The predicted molar refractivity (Wildman–Crippen MR) is 101 cm³/mol. The maximum absolute atomic E-state index is 12.8. The number of benzene rings is 3. The second kappa shape index (κ2) is 7.85. The molecule has 0 unspecified atom stereocenters. The minimum absolute atomic E-state index is 0.136. The minimum Gasteiger partial charge on any atom is -0.375 e. The Labute approximate surface area is 177 Å². The van der Waals surface area contributed by atoms with Gasteiger partial charge in [-0.25, -0.2) is 0 Å². The van der Waals surface area contributed by atoms with E-state index in [-0.39, 0.29) is 10.9 Å². The van der Waals surface area contributed by atoms with Crippen LogP contribution in [0.3, 0.4) is 0 Å². The van der Waals surface area contributed by atoms with Crippen LogP contribution in [-0.4, -0.2) is 27.9 Å². The summed E-state index contributed by atoms with van der Waals surface area (Å²) >= 11 is 0. The summed E-state index contributed by atoms with van der Waals surface area (Å²) < 4.78 is 131. The Kier molecular flexibility index (Phi) is 5.80. The Morgan fingerprint density at radius 1 is 0.594 bits per heavy atom.